The van der Waals surface area contributed by atoms with Crippen molar-refractivity contribution in [2.75, 3.05) is 45.9 Å². The van der Waals surface area contributed by atoms with Gasteiger partial charge in [0.2, 0.25) is 5.91 Å². The SMILES string of the molecule is CCC(C)NC(=O)CCNCC1(CN2CCOCC2)CCCCC1. The van der Waals surface area contributed by atoms with Crippen LogP contribution in [0.4, 0.5) is 0 Å². The molecule has 1 unspecified atom stereocenters. The molecule has 1 saturated heterocycles. The first-order valence-electron chi connectivity index (χ1n) is 9.94. The second kappa shape index (κ2) is 10.4. The summed E-state index contributed by atoms with van der Waals surface area (Å²) in [4.78, 5) is 14.5. The van der Waals surface area contributed by atoms with E-state index in [1.807, 2.05) is 0 Å². The molecule has 5 heteroatoms. The van der Waals surface area contributed by atoms with E-state index in [-0.39, 0.29) is 11.9 Å². The van der Waals surface area contributed by atoms with Gasteiger partial charge in [0.15, 0.2) is 0 Å². The van der Waals surface area contributed by atoms with Crippen molar-refractivity contribution in [1.29, 1.82) is 0 Å². The average Bonchev–Trinajstić information content (AvgIpc) is 2.60. The molecule has 0 radical (unpaired) electrons. The van der Waals surface area contributed by atoms with Crippen molar-refractivity contribution >= 4 is 5.91 Å². The van der Waals surface area contributed by atoms with Gasteiger partial charge in [-0.1, -0.05) is 26.2 Å². The molecule has 2 N–H and O–H groups in total. The quantitative estimate of drug-likeness (QED) is 0.632. The van der Waals surface area contributed by atoms with Gasteiger partial charge in [-0.3, -0.25) is 9.69 Å². The molecule has 2 aliphatic rings. The number of rotatable bonds is 9. The van der Waals surface area contributed by atoms with Crippen molar-refractivity contribution in [2.45, 2.75) is 64.8 Å². The number of carbonyl (C=O) groups excluding carboxylic acids is 1. The molecule has 0 aromatic rings. The van der Waals surface area contributed by atoms with Crippen LogP contribution < -0.4 is 10.6 Å². The molecule has 140 valence electrons. The maximum Gasteiger partial charge on any atom is 0.221 e. The van der Waals surface area contributed by atoms with E-state index in [0.29, 0.717) is 11.8 Å². The lowest BCUT2D eigenvalue weighted by Crippen LogP contribution is -2.49. The predicted molar refractivity (Wildman–Crippen MR) is 98.2 cm³/mol. The van der Waals surface area contributed by atoms with Crippen LogP contribution in [0, 0.1) is 5.41 Å². The monoisotopic (exact) mass is 339 g/mol. The maximum atomic E-state index is 11.9. The van der Waals surface area contributed by atoms with E-state index < -0.39 is 0 Å². The van der Waals surface area contributed by atoms with Crippen LogP contribution in [0.2, 0.25) is 0 Å². The summed E-state index contributed by atoms with van der Waals surface area (Å²) < 4.78 is 5.49. The fraction of sp³-hybridized carbons (Fsp3) is 0.947. The third-order valence-electron chi connectivity index (χ3n) is 5.63. The van der Waals surface area contributed by atoms with E-state index in [4.69, 9.17) is 4.74 Å². The highest BCUT2D eigenvalue weighted by Crippen LogP contribution is 2.36. The van der Waals surface area contributed by atoms with Gasteiger partial charge >= 0.3 is 0 Å². The summed E-state index contributed by atoms with van der Waals surface area (Å²) in [5, 5.41) is 6.63. The van der Waals surface area contributed by atoms with Crippen LogP contribution in [0.5, 0.6) is 0 Å². The van der Waals surface area contributed by atoms with Gasteiger partial charge < -0.3 is 15.4 Å². The molecule has 0 aromatic carbocycles. The van der Waals surface area contributed by atoms with E-state index in [1.165, 1.54) is 38.6 Å². The van der Waals surface area contributed by atoms with Crippen LogP contribution in [-0.2, 0) is 9.53 Å². The van der Waals surface area contributed by atoms with Crippen LogP contribution in [0.3, 0.4) is 0 Å². The van der Waals surface area contributed by atoms with E-state index in [0.717, 1.165) is 45.8 Å². The Bertz CT molecular complexity index is 364. The second-order valence-corrected chi connectivity index (χ2v) is 7.75. The van der Waals surface area contributed by atoms with Gasteiger partial charge in [0.05, 0.1) is 13.2 Å². The minimum Gasteiger partial charge on any atom is -0.379 e. The minimum absolute atomic E-state index is 0.169. The van der Waals surface area contributed by atoms with Gasteiger partial charge in [0, 0.05) is 45.2 Å². The van der Waals surface area contributed by atoms with E-state index >= 15 is 0 Å². The fourth-order valence-electron chi connectivity index (χ4n) is 3.93. The predicted octanol–water partition coefficient (Wildman–Crippen LogP) is 2.16. The van der Waals surface area contributed by atoms with Crippen LogP contribution in [0.15, 0.2) is 0 Å². The summed E-state index contributed by atoms with van der Waals surface area (Å²) >= 11 is 0. The summed E-state index contributed by atoms with van der Waals surface area (Å²) in [5.74, 6) is 0.169. The Morgan fingerprint density at radius 1 is 1.21 bits per heavy atom. The number of carbonyl (C=O) groups is 1. The first-order valence-corrected chi connectivity index (χ1v) is 9.94. The molecule has 2 fully saturated rings. The van der Waals surface area contributed by atoms with Gasteiger partial charge in [-0.2, -0.15) is 0 Å². The molecule has 2 rings (SSSR count). The van der Waals surface area contributed by atoms with Crippen LogP contribution in [0.1, 0.15) is 58.8 Å². The Morgan fingerprint density at radius 2 is 1.92 bits per heavy atom. The van der Waals surface area contributed by atoms with Crippen LogP contribution in [-0.4, -0.2) is 62.8 Å². The molecule has 1 aliphatic heterocycles. The van der Waals surface area contributed by atoms with Crippen molar-refractivity contribution in [1.82, 2.24) is 15.5 Å². The molecule has 24 heavy (non-hydrogen) atoms. The summed E-state index contributed by atoms with van der Waals surface area (Å²) in [6.45, 7) is 11.1. The summed E-state index contributed by atoms with van der Waals surface area (Å²) in [7, 11) is 0. The average molecular weight is 340 g/mol. The Kier molecular flexibility index (Phi) is 8.50. The van der Waals surface area contributed by atoms with E-state index in [1.54, 1.807) is 0 Å². The standard InChI is InChI=1S/C19H37N3O2/c1-3-17(2)21-18(23)7-10-20-15-19(8-5-4-6-9-19)16-22-11-13-24-14-12-22/h17,20H,3-16H2,1-2H3,(H,21,23). The Morgan fingerprint density at radius 3 is 2.58 bits per heavy atom. The number of nitrogens with zero attached hydrogens (tertiary/aromatic N) is 1. The van der Waals surface area contributed by atoms with Gasteiger partial charge in [-0.05, 0) is 31.6 Å². The molecular weight excluding hydrogens is 302 g/mol. The highest BCUT2D eigenvalue weighted by Gasteiger charge is 2.34. The number of hydrogen-bond donors (Lipinski definition) is 2. The van der Waals surface area contributed by atoms with Crippen LogP contribution in [0.25, 0.3) is 0 Å². The molecule has 5 nitrogen and oxygen atoms in total. The summed E-state index contributed by atoms with van der Waals surface area (Å²) in [6.07, 6.45) is 8.27. The van der Waals surface area contributed by atoms with Crippen molar-refractivity contribution in [2.24, 2.45) is 5.41 Å². The molecule has 0 aromatic heterocycles. The van der Waals surface area contributed by atoms with Gasteiger partial charge in [-0.15, -0.1) is 0 Å². The number of amides is 1. The Labute approximate surface area is 147 Å². The Balaban J connectivity index is 1.73. The number of nitrogens with one attached hydrogen (secondary N) is 2. The lowest BCUT2D eigenvalue weighted by Gasteiger charge is -2.42. The van der Waals surface area contributed by atoms with Gasteiger partial charge in [0.1, 0.15) is 0 Å². The van der Waals surface area contributed by atoms with Gasteiger partial charge in [0.25, 0.3) is 0 Å². The normalized spacial score (nSPS) is 22.9. The van der Waals surface area contributed by atoms with Gasteiger partial charge in [-0.25, -0.2) is 0 Å². The van der Waals surface area contributed by atoms with E-state index in [9.17, 15) is 4.79 Å². The smallest absolute Gasteiger partial charge is 0.221 e. The highest BCUT2D eigenvalue weighted by molar-refractivity contribution is 5.76. The molecule has 0 spiro atoms. The van der Waals surface area contributed by atoms with Crippen molar-refractivity contribution < 1.29 is 9.53 Å². The lowest BCUT2D eigenvalue weighted by atomic mass is 9.73. The van der Waals surface area contributed by atoms with Crippen LogP contribution >= 0.6 is 0 Å². The summed E-state index contributed by atoms with van der Waals surface area (Å²) in [6, 6.07) is 0.281. The first-order chi connectivity index (χ1) is 11.6. The minimum atomic E-state index is 0.169. The topological polar surface area (TPSA) is 53.6 Å². The molecular formula is C19H37N3O2. The zero-order chi connectivity index (χ0) is 17.3. The molecule has 1 aliphatic carbocycles. The third-order valence-corrected chi connectivity index (χ3v) is 5.63. The molecule has 0 bridgehead atoms. The molecule has 1 saturated carbocycles. The van der Waals surface area contributed by atoms with Crippen molar-refractivity contribution in [3.05, 3.63) is 0 Å². The number of hydrogen-bond acceptors (Lipinski definition) is 4. The molecule has 1 atom stereocenters. The lowest BCUT2D eigenvalue weighted by molar-refractivity contribution is -0.121. The fourth-order valence-corrected chi connectivity index (χ4v) is 3.93. The largest absolute Gasteiger partial charge is 0.379 e. The molecule has 1 heterocycles. The number of ether oxygens (including phenoxy) is 1. The van der Waals surface area contributed by atoms with Crippen molar-refractivity contribution in [3.8, 4) is 0 Å². The number of morpholine rings is 1. The maximum absolute atomic E-state index is 11.9. The third kappa shape index (κ3) is 6.69. The molecule has 1 amide bonds. The second-order valence-electron chi connectivity index (χ2n) is 7.75. The van der Waals surface area contributed by atoms with E-state index in [2.05, 4.69) is 29.4 Å². The first kappa shape index (κ1) is 19.7. The highest BCUT2D eigenvalue weighted by atomic mass is 16.5. The Hall–Kier alpha value is -0.650. The van der Waals surface area contributed by atoms with Crippen molar-refractivity contribution in [3.63, 3.8) is 0 Å². The zero-order valence-electron chi connectivity index (χ0n) is 15.7. The zero-order valence-corrected chi connectivity index (χ0v) is 15.7. The summed E-state index contributed by atoms with van der Waals surface area (Å²) in [5.41, 5.74) is 0.392.